The topological polar surface area (TPSA) is 3.24 Å². The van der Waals surface area contributed by atoms with Crippen molar-refractivity contribution in [3.63, 3.8) is 0 Å². The summed E-state index contributed by atoms with van der Waals surface area (Å²) in [6.07, 6.45) is 6.09. The van der Waals surface area contributed by atoms with Gasteiger partial charge in [-0.2, -0.15) is 3.89 Å². The van der Waals surface area contributed by atoms with Gasteiger partial charge in [-0.3, -0.25) is 4.90 Å². The van der Waals surface area contributed by atoms with Gasteiger partial charge in [-0.25, -0.2) is 0 Å². The lowest BCUT2D eigenvalue weighted by Crippen LogP contribution is -2.35. The van der Waals surface area contributed by atoms with E-state index < -0.39 is 0 Å². The number of halogens is 1. The summed E-state index contributed by atoms with van der Waals surface area (Å²) < 4.78 is 12.4. The maximum Gasteiger partial charge on any atom is 0.0599 e. The number of likely N-dealkylation sites (N-methyl/N-ethyl adjacent to an activating group) is 1. The van der Waals surface area contributed by atoms with Gasteiger partial charge in [-0.1, -0.05) is 36.3 Å². The highest BCUT2D eigenvalue weighted by Crippen LogP contribution is 2.13. The Hall–Kier alpha value is -0.980. The maximum atomic E-state index is 12.4. The Morgan fingerprint density at radius 3 is 2.69 bits per heavy atom. The quantitative estimate of drug-likeness (QED) is 0.700. The summed E-state index contributed by atoms with van der Waals surface area (Å²) in [5.41, 5.74) is 1.21. The molecule has 0 fully saturated rings. The van der Waals surface area contributed by atoms with Gasteiger partial charge in [0.05, 0.1) is 6.54 Å². The first-order chi connectivity index (χ1) is 7.77. The van der Waals surface area contributed by atoms with Crippen molar-refractivity contribution in [1.29, 1.82) is 0 Å². The fraction of sp³-hybridized carbons (Fsp3) is 0.385. The minimum atomic E-state index is 0.147. The molecule has 1 rings (SSSR count). The zero-order valence-corrected chi connectivity index (χ0v) is 10.2. The van der Waals surface area contributed by atoms with Gasteiger partial charge in [0, 0.05) is 23.9 Å². The molecule has 0 saturated heterocycles. The van der Waals surface area contributed by atoms with Gasteiger partial charge in [0.25, 0.3) is 0 Å². The first kappa shape index (κ1) is 13.1. The minimum absolute atomic E-state index is 0.147. The number of terminal acetylenes is 1. The molecule has 0 aromatic heterocycles. The van der Waals surface area contributed by atoms with Gasteiger partial charge in [0.15, 0.2) is 0 Å². The Labute approximate surface area is 101 Å². The molecule has 1 aromatic carbocycles. The zero-order valence-electron chi connectivity index (χ0n) is 9.40. The van der Waals surface area contributed by atoms with Gasteiger partial charge < -0.3 is 0 Å². The van der Waals surface area contributed by atoms with Crippen LogP contribution in [0.1, 0.15) is 5.56 Å². The number of hydrogen-bond acceptors (Lipinski definition) is 2. The third kappa shape index (κ3) is 4.26. The third-order valence-electron chi connectivity index (χ3n) is 2.53. The second kappa shape index (κ2) is 7.32. The van der Waals surface area contributed by atoms with Crippen molar-refractivity contribution in [2.45, 2.75) is 12.5 Å². The van der Waals surface area contributed by atoms with Gasteiger partial charge in [-0.15, -0.1) is 6.42 Å². The molecule has 0 N–H and O–H groups in total. The minimum Gasteiger partial charge on any atom is -0.291 e. The summed E-state index contributed by atoms with van der Waals surface area (Å²) in [5.74, 6) is 3.04. The predicted molar refractivity (Wildman–Crippen MR) is 69.0 cm³/mol. The van der Waals surface area contributed by atoms with Crippen LogP contribution in [-0.4, -0.2) is 30.3 Å². The van der Waals surface area contributed by atoms with Crippen LogP contribution in [0.4, 0.5) is 3.89 Å². The van der Waals surface area contributed by atoms with E-state index in [0.717, 1.165) is 6.42 Å². The van der Waals surface area contributed by atoms with Gasteiger partial charge >= 0.3 is 0 Å². The molecule has 3 heteroatoms. The lowest BCUT2D eigenvalue weighted by molar-refractivity contribution is 0.291. The monoisotopic (exact) mass is 237 g/mol. The molecule has 0 aliphatic carbocycles. The lowest BCUT2D eigenvalue weighted by atomic mass is 10.1. The molecule has 1 nitrogen and oxygen atoms in total. The molecule has 0 spiro atoms. The van der Waals surface area contributed by atoms with Crippen molar-refractivity contribution in [1.82, 2.24) is 4.90 Å². The first-order valence-electron chi connectivity index (χ1n) is 5.19. The summed E-state index contributed by atoms with van der Waals surface area (Å²) in [6, 6.07) is 10.2. The van der Waals surface area contributed by atoms with Crippen LogP contribution in [0.3, 0.4) is 0 Å². The van der Waals surface area contributed by atoms with Crippen LogP contribution in [-0.2, 0) is 6.42 Å². The Morgan fingerprint density at radius 2 is 2.12 bits per heavy atom. The molecule has 16 heavy (non-hydrogen) atoms. The van der Waals surface area contributed by atoms with E-state index >= 15 is 0 Å². The fourth-order valence-corrected chi connectivity index (χ4v) is 2.09. The second-order valence-corrected chi connectivity index (χ2v) is 4.29. The molecular formula is C13H16FNS. The van der Waals surface area contributed by atoms with Crippen LogP contribution >= 0.6 is 12.1 Å². The van der Waals surface area contributed by atoms with Crippen molar-refractivity contribution in [3.05, 3.63) is 35.9 Å². The number of rotatable bonds is 6. The molecule has 0 bridgehead atoms. The fourth-order valence-electron chi connectivity index (χ4n) is 1.57. The van der Waals surface area contributed by atoms with E-state index in [1.54, 1.807) is 0 Å². The summed E-state index contributed by atoms with van der Waals surface area (Å²) in [5, 5.41) is 0. The third-order valence-corrected chi connectivity index (χ3v) is 3.04. The summed E-state index contributed by atoms with van der Waals surface area (Å²) in [4.78, 5) is 2.01. The summed E-state index contributed by atoms with van der Waals surface area (Å²) in [6.45, 7) is 0.554. The molecule has 0 amide bonds. The highest BCUT2D eigenvalue weighted by molar-refractivity contribution is 7.94. The number of hydrogen-bond donors (Lipinski definition) is 0. The molecular weight excluding hydrogens is 221 g/mol. The van der Waals surface area contributed by atoms with Crippen LogP contribution in [0.2, 0.25) is 0 Å². The van der Waals surface area contributed by atoms with E-state index in [0.29, 0.717) is 24.4 Å². The summed E-state index contributed by atoms with van der Waals surface area (Å²) >= 11 is 0.373. The van der Waals surface area contributed by atoms with E-state index in [2.05, 4.69) is 18.1 Å². The zero-order chi connectivity index (χ0) is 11.8. The second-order valence-electron chi connectivity index (χ2n) is 3.74. The number of benzene rings is 1. The molecule has 86 valence electrons. The lowest BCUT2D eigenvalue weighted by Gasteiger charge is -2.25. The smallest absolute Gasteiger partial charge is 0.0599 e. The SMILES string of the molecule is C#CCN(C)[C@H](CSF)Cc1ccccc1. The van der Waals surface area contributed by atoms with Gasteiger partial charge in [0.2, 0.25) is 0 Å². The van der Waals surface area contributed by atoms with Gasteiger partial charge in [-0.05, 0) is 19.0 Å². The Bertz CT molecular complexity index is 334. The van der Waals surface area contributed by atoms with E-state index in [1.165, 1.54) is 5.56 Å². The van der Waals surface area contributed by atoms with E-state index in [-0.39, 0.29) is 6.04 Å². The average molecular weight is 237 g/mol. The van der Waals surface area contributed by atoms with Crippen LogP contribution < -0.4 is 0 Å². The summed E-state index contributed by atoms with van der Waals surface area (Å²) in [7, 11) is 1.93. The Morgan fingerprint density at radius 1 is 1.44 bits per heavy atom. The Balaban J connectivity index is 2.61. The highest BCUT2D eigenvalue weighted by atomic mass is 32.2. The first-order valence-corrected chi connectivity index (χ1v) is 6.07. The van der Waals surface area contributed by atoms with Crippen molar-refractivity contribution >= 4 is 12.1 Å². The van der Waals surface area contributed by atoms with Crippen molar-refractivity contribution < 1.29 is 3.89 Å². The van der Waals surface area contributed by atoms with Crippen LogP contribution in [0.25, 0.3) is 0 Å². The van der Waals surface area contributed by atoms with Crippen LogP contribution in [0, 0.1) is 12.3 Å². The van der Waals surface area contributed by atoms with Crippen molar-refractivity contribution in [3.8, 4) is 12.3 Å². The highest BCUT2D eigenvalue weighted by Gasteiger charge is 2.14. The Kier molecular flexibility index (Phi) is 5.99. The molecule has 0 aliphatic rings. The largest absolute Gasteiger partial charge is 0.291 e. The molecule has 0 saturated carbocycles. The molecule has 1 atom stereocenters. The van der Waals surface area contributed by atoms with Crippen LogP contribution in [0.5, 0.6) is 0 Å². The van der Waals surface area contributed by atoms with Crippen molar-refractivity contribution in [2.24, 2.45) is 0 Å². The molecule has 0 radical (unpaired) electrons. The predicted octanol–water partition coefficient (Wildman–Crippen LogP) is 2.78. The normalized spacial score (nSPS) is 12.4. The molecule has 1 aromatic rings. The number of nitrogens with zero attached hydrogens (tertiary/aromatic N) is 1. The van der Waals surface area contributed by atoms with E-state index in [4.69, 9.17) is 6.42 Å². The molecule has 0 heterocycles. The molecule has 0 aliphatic heterocycles. The van der Waals surface area contributed by atoms with Crippen molar-refractivity contribution in [2.75, 3.05) is 19.3 Å². The van der Waals surface area contributed by atoms with E-state index in [1.807, 2.05) is 30.1 Å². The average Bonchev–Trinajstić information content (AvgIpc) is 2.30. The van der Waals surface area contributed by atoms with Crippen LogP contribution in [0.15, 0.2) is 30.3 Å². The molecule has 0 unspecified atom stereocenters. The standard InChI is InChI=1S/C13H16FNS/c1-3-9-15(2)13(11-16-14)10-12-7-5-4-6-8-12/h1,4-8,13H,9-11H2,2H3/t13-/m0/s1. The van der Waals surface area contributed by atoms with Gasteiger partial charge in [0.1, 0.15) is 0 Å². The van der Waals surface area contributed by atoms with E-state index in [9.17, 15) is 3.89 Å². The maximum absolute atomic E-state index is 12.4.